The number of aliphatic hydroxyl groups excluding tert-OH is 1. The molecule has 108 valence electrons. The minimum absolute atomic E-state index is 0.00589. The highest BCUT2D eigenvalue weighted by Crippen LogP contribution is 2.15. The molecule has 1 atom stereocenters. The second kappa shape index (κ2) is 6.20. The number of nitrogens with zero attached hydrogens (tertiary/aromatic N) is 2. The van der Waals surface area contributed by atoms with Gasteiger partial charge in [0.1, 0.15) is 0 Å². The number of hydrogen-bond donors (Lipinski definition) is 2. The molecule has 0 radical (unpaired) electrons. The molecule has 4 heteroatoms. The smallest absolute Gasteiger partial charge is 0.0626 e. The van der Waals surface area contributed by atoms with E-state index in [0.717, 1.165) is 11.1 Å². The van der Waals surface area contributed by atoms with Crippen molar-refractivity contribution in [3.05, 3.63) is 53.9 Å². The van der Waals surface area contributed by atoms with Crippen LogP contribution in [0.4, 0.5) is 0 Å². The fourth-order valence-electron chi connectivity index (χ4n) is 2.03. The van der Waals surface area contributed by atoms with Crippen molar-refractivity contribution in [3.8, 4) is 0 Å². The Bertz CT molecular complexity index is 528. The average molecular weight is 273 g/mol. The van der Waals surface area contributed by atoms with Gasteiger partial charge in [0.2, 0.25) is 0 Å². The Morgan fingerprint density at radius 1 is 1.25 bits per heavy atom. The first kappa shape index (κ1) is 14.8. The third-order valence-corrected chi connectivity index (χ3v) is 3.26. The molecule has 1 aromatic carbocycles. The van der Waals surface area contributed by atoms with Gasteiger partial charge in [0, 0.05) is 18.3 Å². The third-order valence-electron chi connectivity index (χ3n) is 3.26. The summed E-state index contributed by atoms with van der Waals surface area (Å²) in [6.07, 6.45) is 3.92. The molecule has 0 spiro atoms. The Morgan fingerprint density at radius 2 is 1.95 bits per heavy atom. The lowest BCUT2D eigenvalue weighted by atomic mass is 10.1. The van der Waals surface area contributed by atoms with Gasteiger partial charge in [0.05, 0.1) is 24.4 Å². The Kier molecular flexibility index (Phi) is 4.57. The van der Waals surface area contributed by atoms with E-state index in [-0.39, 0.29) is 18.2 Å². The first-order chi connectivity index (χ1) is 9.50. The van der Waals surface area contributed by atoms with Gasteiger partial charge in [-0.15, -0.1) is 0 Å². The third kappa shape index (κ3) is 3.68. The van der Waals surface area contributed by atoms with E-state index >= 15 is 0 Å². The molecular formula is C16H23N3O. The number of aromatic nitrogens is 2. The van der Waals surface area contributed by atoms with Crippen molar-refractivity contribution in [2.75, 3.05) is 6.61 Å². The van der Waals surface area contributed by atoms with E-state index < -0.39 is 0 Å². The minimum Gasteiger partial charge on any atom is -0.394 e. The second-order valence-corrected chi connectivity index (χ2v) is 5.99. The summed E-state index contributed by atoms with van der Waals surface area (Å²) in [4.78, 5) is 0. The summed E-state index contributed by atoms with van der Waals surface area (Å²) in [5.74, 6) is 0. The monoisotopic (exact) mass is 273 g/mol. The maximum Gasteiger partial charge on any atom is 0.0626 e. The van der Waals surface area contributed by atoms with E-state index in [1.54, 1.807) is 0 Å². The van der Waals surface area contributed by atoms with E-state index in [4.69, 9.17) is 0 Å². The van der Waals surface area contributed by atoms with Crippen LogP contribution < -0.4 is 5.32 Å². The minimum atomic E-state index is -0.0470. The van der Waals surface area contributed by atoms with E-state index in [9.17, 15) is 5.11 Å². The molecule has 0 aliphatic heterocycles. The van der Waals surface area contributed by atoms with Gasteiger partial charge in [-0.05, 0) is 26.3 Å². The van der Waals surface area contributed by atoms with Gasteiger partial charge in [-0.25, -0.2) is 0 Å². The SMILES string of the molecule is CC(C)(C)n1cc(CN[C@H](CO)c2ccccc2)cn1. The Hall–Kier alpha value is -1.65. The molecule has 2 aromatic rings. The summed E-state index contributed by atoms with van der Waals surface area (Å²) in [5, 5.41) is 17.3. The molecule has 1 heterocycles. The van der Waals surface area contributed by atoms with E-state index in [1.165, 1.54) is 0 Å². The van der Waals surface area contributed by atoms with Crippen molar-refractivity contribution in [2.45, 2.75) is 38.9 Å². The molecule has 0 amide bonds. The topological polar surface area (TPSA) is 50.1 Å². The zero-order chi connectivity index (χ0) is 14.6. The van der Waals surface area contributed by atoms with Crippen LogP contribution in [-0.2, 0) is 12.1 Å². The van der Waals surface area contributed by atoms with Gasteiger partial charge in [-0.2, -0.15) is 5.10 Å². The van der Waals surface area contributed by atoms with Gasteiger partial charge in [-0.3, -0.25) is 4.68 Å². The molecule has 0 saturated heterocycles. The highest BCUT2D eigenvalue weighted by Gasteiger charge is 2.14. The first-order valence-corrected chi connectivity index (χ1v) is 6.94. The molecule has 2 rings (SSSR count). The van der Waals surface area contributed by atoms with Crippen LogP contribution in [0, 0.1) is 0 Å². The summed E-state index contributed by atoms with van der Waals surface area (Å²) in [6, 6.07) is 9.94. The van der Waals surface area contributed by atoms with Crippen LogP contribution in [0.5, 0.6) is 0 Å². The van der Waals surface area contributed by atoms with Gasteiger partial charge in [0.15, 0.2) is 0 Å². The number of hydrogen-bond acceptors (Lipinski definition) is 3. The predicted octanol–water partition coefficient (Wildman–Crippen LogP) is 2.46. The summed E-state index contributed by atoms with van der Waals surface area (Å²) in [7, 11) is 0. The average Bonchev–Trinajstić information content (AvgIpc) is 2.89. The van der Waals surface area contributed by atoms with Gasteiger partial charge in [-0.1, -0.05) is 30.3 Å². The molecule has 0 aliphatic rings. The Morgan fingerprint density at radius 3 is 2.50 bits per heavy atom. The van der Waals surface area contributed by atoms with Crippen LogP contribution in [0.15, 0.2) is 42.7 Å². The first-order valence-electron chi connectivity index (χ1n) is 6.94. The number of rotatable bonds is 5. The molecule has 0 bridgehead atoms. The molecule has 1 aromatic heterocycles. The quantitative estimate of drug-likeness (QED) is 0.880. The number of aliphatic hydroxyl groups is 1. The molecule has 0 aliphatic carbocycles. The summed E-state index contributed by atoms with van der Waals surface area (Å²) in [5.41, 5.74) is 2.21. The second-order valence-electron chi connectivity index (χ2n) is 5.99. The van der Waals surface area contributed by atoms with E-state index in [0.29, 0.717) is 6.54 Å². The predicted molar refractivity (Wildman–Crippen MR) is 80.3 cm³/mol. The van der Waals surface area contributed by atoms with Crippen LogP contribution in [0.3, 0.4) is 0 Å². The fraction of sp³-hybridized carbons (Fsp3) is 0.438. The van der Waals surface area contributed by atoms with Crippen molar-refractivity contribution >= 4 is 0 Å². The van der Waals surface area contributed by atoms with Crippen LogP contribution in [0.1, 0.15) is 37.9 Å². The van der Waals surface area contributed by atoms with Crippen LogP contribution in [-0.4, -0.2) is 21.5 Å². The van der Waals surface area contributed by atoms with Crippen molar-refractivity contribution in [3.63, 3.8) is 0 Å². The van der Waals surface area contributed by atoms with Gasteiger partial charge < -0.3 is 10.4 Å². The lowest BCUT2D eigenvalue weighted by Gasteiger charge is -2.19. The van der Waals surface area contributed by atoms with Crippen molar-refractivity contribution < 1.29 is 5.11 Å². The zero-order valence-electron chi connectivity index (χ0n) is 12.4. The van der Waals surface area contributed by atoms with Crippen molar-refractivity contribution in [2.24, 2.45) is 0 Å². The fourth-order valence-corrected chi connectivity index (χ4v) is 2.03. The van der Waals surface area contributed by atoms with E-state index in [2.05, 4.69) is 31.2 Å². The maximum absolute atomic E-state index is 9.51. The molecule has 4 nitrogen and oxygen atoms in total. The normalized spacial score (nSPS) is 13.4. The summed E-state index contributed by atoms with van der Waals surface area (Å²) >= 11 is 0. The molecule has 20 heavy (non-hydrogen) atoms. The number of benzene rings is 1. The molecule has 0 fully saturated rings. The summed E-state index contributed by atoms with van der Waals surface area (Å²) < 4.78 is 1.96. The van der Waals surface area contributed by atoms with Gasteiger partial charge in [0.25, 0.3) is 0 Å². The Balaban J connectivity index is 1.99. The highest BCUT2D eigenvalue weighted by molar-refractivity contribution is 5.19. The van der Waals surface area contributed by atoms with Crippen molar-refractivity contribution in [1.82, 2.24) is 15.1 Å². The molecule has 2 N–H and O–H groups in total. The lowest BCUT2D eigenvalue weighted by Crippen LogP contribution is -2.24. The molecular weight excluding hydrogens is 250 g/mol. The maximum atomic E-state index is 9.51. The van der Waals surface area contributed by atoms with Crippen LogP contribution in [0.25, 0.3) is 0 Å². The lowest BCUT2D eigenvalue weighted by molar-refractivity contribution is 0.243. The number of nitrogens with one attached hydrogen (secondary N) is 1. The standard InChI is InChI=1S/C16H23N3O/c1-16(2,3)19-11-13(10-18-19)9-17-15(12-20)14-7-5-4-6-8-14/h4-8,10-11,15,17,20H,9,12H2,1-3H3/t15-/m1/s1. The molecule has 0 saturated carbocycles. The van der Waals surface area contributed by atoms with Crippen LogP contribution >= 0.6 is 0 Å². The van der Waals surface area contributed by atoms with Crippen LogP contribution in [0.2, 0.25) is 0 Å². The molecule has 0 unspecified atom stereocenters. The highest BCUT2D eigenvalue weighted by atomic mass is 16.3. The summed E-state index contributed by atoms with van der Waals surface area (Å²) in [6.45, 7) is 7.14. The zero-order valence-corrected chi connectivity index (χ0v) is 12.4. The van der Waals surface area contributed by atoms with Gasteiger partial charge >= 0.3 is 0 Å². The Labute approximate surface area is 120 Å². The largest absolute Gasteiger partial charge is 0.394 e. The van der Waals surface area contributed by atoms with Crippen molar-refractivity contribution in [1.29, 1.82) is 0 Å². The van der Waals surface area contributed by atoms with E-state index in [1.807, 2.05) is 47.4 Å².